The second-order valence-corrected chi connectivity index (χ2v) is 7.67. The van der Waals surface area contributed by atoms with Gasteiger partial charge in [-0.3, -0.25) is 4.79 Å². The van der Waals surface area contributed by atoms with Crippen molar-refractivity contribution in [2.24, 2.45) is 0 Å². The van der Waals surface area contributed by atoms with E-state index >= 15 is 0 Å². The first-order valence-electron chi connectivity index (χ1n) is 7.50. The van der Waals surface area contributed by atoms with Crippen LogP contribution in [0.25, 0.3) is 0 Å². The summed E-state index contributed by atoms with van der Waals surface area (Å²) in [5, 5.41) is 14.8. The number of thioether (sulfide) groups is 1. The molecule has 3 rings (SSSR count). The predicted octanol–water partition coefficient (Wildman–Crippen LogP) is 2.28. The van der Waals surface area contributed by atoms with Crippen LogP contribution < -0.4 is 14.8 Å². The number of anilines is 1. The summed E-state index contributed by atoms with van der Waals surface area (Å²) in [5.41, 5.74) is 0.409. The van der Waals surface area contributed by atoms with Crippen molar-refractivity contribution in [1.29, 1.82) is 0 Å². The standard InChI is InChI=1S/C15H19N5O3S/c1-9(24-14-17-18-19-20(14)15(2,3)4)13(21)16-10-5-6-11-12(7-10)23-8-22-11/h5-7,9H,8H2,1-4H3,(H,16,21). The highest BCUT2D eigenvalue weighted by atomic mass is 32.2. The molecule has 128 valence electrons. The lowest BCUT2D eigenvalue weighted by molar-refractivity contribution is -0.115. The Morgan fingerprint density at radius 3 is 2.83 bits per heavy atom. The lowest BCUT2D eigenvalue weighted by atomic mass is 10.1. The van der Waals surface area contributed by atoms with Gasteiger partial charge in [0.15, 0.2) is 11.5 Å². The fourth-order valence-electron chi connectivity index (χ4n) is 2.10. The number of carbonyl (C=O) groups excluding carboxylic acids is 1. The molecule has 1 unspecified atom stereocenters. The van der Waals surface area contributed by atoms with Gasteiger partial charge in [0.1, 0.15) is 0 Å². The van der Waals surface area contributed by atoms with Crippen molar-refractivity contribution in [3.8, 4) is 11.5 Å². The van der Waals surface area contributed by atoms with Gasteiger partial charge in [-0.2, -0.15) is 0 Å². The minimum absolute atomic E-state index is 0.137. The molecular formula is C15H19N5O3S. The molecular weight excluding hydrogens is 330 g/mol. The van der Waals surface area contributed by atoms with Gasteiger partial charge in [0, 0.05) is 11.8 Å². The highest BCUT2D eigenvalue weighted by Gasteiger charge is 2.24. The molecule has 0 radical (unpaired) electrons. The zero-order valence-electron chi connectivity index (χ0n) is 13.9. The molecule has 0 spiro atoms. The summed E-state index contributed by atoms with van der Waals surface area (Å²) in [6.07, 6.45) is 0. The summed E-state index contributed by atoms with van der Waals surface area (Å²) in [4.78, 5) is 12.4. The Morgan fingerprint density at radius 1 is 1.33 bits per heavy atom. The lowest BCUT2D eigenvalue weighted by Crippen LogP contribution is -2.27. The molecule has 8 nitrogen and oxygen atoms in total. The molecule has 1 atom stereocenters. The van der Waals surface area contributed by atoms with Crippen LogP contribution in [0.4, 0.5) is 5.69 Å². The van der Waals surface area contributed by atoms with Gasteiger partial charge in [0.25, 0.3) is 0 Å². The molecule has 24 heavy (non-hydrogen) atoms. The van der Waals surface area contributed by atoms with Crippen molar-refractivity contribution < 1.29 is 14.3 Å². The van der Waals surface area contributed by atoms with E-state index in [0.717, 1.165) is 0 Å². The summed E-state index contributed by atoms with van der Waals surface area (Å²) in [7, 11) is 0. The first-order valence-corrected chi connectivity index (χ1v) is 8.38. The van der Waals surface area contributed by atoms with Crippen molar-refractivity contribution in [2.75, 3.05) is 12.1 Å². The van der Waals surface area contributed by atoms with E-state index in [1.807, 2.05) is 27.7 Å². The number of aromatic nitrogens is 4. The van der Waals surface area contributed by atoms with E-state index in [0.29, 0.717) is 22.3 Å². The number of amides is 1. The van der Waals surface area contributed by atoms with Crippen LogP contribution in [0.2, 0.25) is 0 Å². The number of nitrogens with one attached hydrogen (secondary N) is 1. The van der Waals surface area contributed by atoms with Crippen molar-refractivity contribution in [1.82, 2.24) is 20.2 Å². The third-order valence-corrected chi connectivity index (χ3v) is 4.40. The average Bonchev–Trinajstić information content (AvgIpc) is 3.14. The van der Waals surface area contributed by atoms with Gasteiger partial charge in [-0.05, 0) is 50.3 Å². The van der Waals surface area contributed by atoms with Gasteiger partial charge in [-0.25, -0.2) is 4.68 Å². The van der Waals surface area contributed by atoms with Gasteiger partial charge in [-0.15, -0.1) is 5.10 Å². The Labute approximate surface area is 143 Å². The Balaban J connectivity index is 1.66. The van der Waals surface area contributed by atoms with Crippen LogP contribution in [-0.4, -0.2) is 38.2 Å². The second kappa shape index (κ2) is 6.31. The van der Waals surface area contributed by atoms with Gasteiger partial charge < -0.3 is 14.8 Å². The summed E-state index contributed by atoms with van der Waals surface area (Å²) in [6, 6.07) is 5.30. The molecule has 2 heterocycles. The number of hydrogen-bond acceptors (Lipinski definition) is 7. The molecule has 1 aliphatic heterocycles. The number of tetrazole rings is 1. The molecule has 0 aliphatic carbocycles. The quantitative estimate of drug-likeness (QED) is 0.847. The number of hydrogen-bond donors (Lipinski definition) is 1. The molecule has 1 aromatic heterocycles. The van der Waals surface area contributed by atoms with E-state index in [1.165, 1.54) is 11.8 Å². The van der Waals surface area contributed by atoms with Crippen LogP contribution in [0.15, 0.2) is 23.4 Å². The number of benzene rings is 1. The lowest BCUT2D eigenvalue weighted by Gasteiger charge is -2.20. The summed E-state index contributed by atoms with van der Waals surface area (Å²) >= 11 is 1.32. The van der Waals surface area contributed by atoms with Crippen LogP contribution in [0, 0.1) is 0 Å². The summed E-state index contributed by atoms with van der Waals surface area (Å²) in [5.74, 6) is 1.17. The summed E-state index contributed by atoms with van der Waals surface area (Å²) in [6.45, 7) is 8.03. The molecule has 0 saturated carbocycles. The minimum atomic E-state index is -0.359. The highest BCUT2D eigenvalue weighted by Crippen LogP contribution is 2.34. The molecule has 0 saturated heterocycles. The third kappa shape index (κ3) is 3.45. The van der Waals surface area contributed by atoms with Crippen molar-refractivity contribution >= 4 is 23.4 Å². The van der Waals surface area contributed by atoms with Crippen LogP contribution in [0.3, 0.4) is 0 Å². The van der Waals surface area contributed by atoms with E-state index in [1.54, 1.807) is 22.9 Å². The van der Waals surface area contributed by atoms with Crippen molar-refractivity contribution in [3.05, 3.63) is 18.2 Å². The summed E-state index contributed by atoms with van der Waals surface area (Å²) < 4.78 is 12.3. The van der Waals surface area contributed by atoms with Gasteiger partial charge in [0.2, 0.25) is 17.9 Å². The van der Waals surface area contributed by atoms with E-state index in [9.17, 15) is 4.79 Å². The second-order valence-electron chi connectivity index (χ2n) is 6.36. The van der Waals surface area contributed by atoms with Crippen LogP contribution in [0.1, 0.15) is 27.7 Å². The maximum atomic E-state index is 12.4. The largest absolute Gasteiger partial charge is 0.454 e. The van der Waals surface area contributed by atoms with Gasteiger partial charge >= 0.3 is 0 Å². The minimum Gasteiger partial charge on any atom is -0.454 e. The van der Waals surface area contributed by atoms with Gasteiger partial charge in [-0.1, -0.05) is 11.8 Å². The molecule has 1 aliphatic rings. The van der Waals surface area contributed by atoms with Crippen molar-refractivity contribution in [2.45, 2.75) is 43.6 Å². The van der Waals surface area contributed by atoms with Gasteiger partial charge in [0.05, 0.1) is 10.8 Å². The zero-order valence-corrected chi connectivity index (χ0v) is 14.8. The molecule has 2 aromatic rings. The number of fused-ring (bicyclic) bond motifs is 1. The smallest absolute Gasteiger partial charge is 0.237 e. The molecule has 9 heteroatoms. The number of ether oxygens (including phenoxy) is 2. The molecule has 0 bridgehead atoms. The van der Waals surface area contributed by atoms with Crippen LogP contribution in [-0.2, 0) is 10.3 Å². The Hall–Kier alpha value is -2.29. The van der Waals surface area contributed by atoms with Crippen molar-refractivity contribution in [3.63, 3.8) is 0 Å². The Kier molecular flexibility index (Phi) is 4.35. The Bertz CT molecular complexity index is 756. The molecule has 1 aromatic carbocycles. The first-order chi connectivity index (χ1) is 11.3. The maximum Gasteiger partial charge on any atom is 0.237 e. The maximum absolute atomic E-state index is 12.4. The number of nitrogens with zero attached hydrogens (tertiary/aromatic N) is 4. The first kappa shape index (κ1) is 16.6. The fraction of sp³-hybridized carbons (Fsp3) is 0.467. The number of carbonyl (C=O) groups is 1. The van der Waals surface area contributed by atoms with Crippen LogP contribution in [0.5, 0.6) is 11.5 Å². The predicted molar refractivity (Wildman–Crippen MR) is 89.3 cm³/mol. The molecule has 0 fully saturated rings. The Morgan fingerprint density at radius 2 is 2.08 bits per heavy atom. The number of rotatable bonds is 4. The van der Waals surface area contributed by atoms with E-state index in [-0.39, 0.29) is 23.5 Å². The monoisotopic (exact) mass is 349 g/mol. The average molecular weight is 349 g/mol. The van der Waals surface area contributed by atoms with E-state index in [4.69, 9.17) is 9.47 Å². The third-order valence-electron chi connectivity index (χ3n) is 3.37. The normalized spacial score (nSPS) is 14.5. The van der Waals surface area contributed by atoms with E-state index in [2.05, 4.69) is 20.8 Å². The molecule has 1 amide bonds. The highest BCUT2D eigenvalue weighted by molar-refractivity contribution is 8.00. The fourth-order valence-corrected chi connectivity index (χ4v) is 3.08. The SMILES string of the molecule is CC(Sc1nnnn1C(C)(C)C)C(=O)Nc1ccc2c(c1)OCO2. The van der Waals surface area contributed by atoms with E-state index < -0.39 is 0 Å². The molecule has 1 N–H and O–H groups in total. The zero-order chi connectivity index (χ0) is 17.3. The van der Waals surface area contributed by atoms with Crippen LogP contribution >= 0.6 is 11.8 Å². The topological polar surface area (TPSA) is 91.2 Å².